The lowest BCUT2D eigenvalue weighted by molar-refractivity contribution is 0.245. The molecule has 0 unspecified atom stereocenters. The first-order valence-electron chi connectivity index (χ1n) is 7.13. The number of halogens is 1. The number of hydrogen-bond donors (Lipinski definition) is 0. The molecule has 4 heterocycles. The zero-order valence-corrected chi connectivity index (χ0v) is 14.2. The van der Waals surface area contributed by atoms with Gasteiger partial charge in [0.05, 0.1) is 14.9 Å². The quantitative estimate of drug-likeness (QED) is 0.699. The van der Waals surface area contributed by atoms with Crippen molar-refractivity contribution in [2.45, 2.75) is 19.5 Å². The maximum atomic E-state index is 6.01. The third kappa shape index (κ3) is 2.94. The highest BCUT2D eigenvalue weighted by Gasteiger charge is 2.19. The monoisotopic (exact) mass is 347 g/mol. The van der Waals surface area contributed by atoms with Gasteiger partial charge in [0, 0.05) is 42.7 Å². The van der Waals surface area contributed by atoms with E-state index < -0.39 is 0 Å². The molecule has 0 bridgehead atoms. The maximum absolute atomic E-state index is 6.01. The Morgan fingerprint density at radius 1 is 1.27 bits per heavy atom. The molecular weight excluding hydrogens is 334 g/mol. The molecule has 3 aromatic heterocycles. The van der Waals surface area contributed by atoms with Crippen molar-refractivity contribution in [2.75, 3.05) is 6.54 Å². The van der Waals surface area contributed by atoms with Crippen molar-refractivity contribution >= 4 is 34.3 Å². The van der Waals surface area contributed by atoms with Crippen molar-refractivity contribution < 1.29 is 0 Å². The van der Waals surface area contributed by atoms with Gasteiger partial charge in [-0.3, -0.25) is 4.90 Å². The summed E-state index contributed by atoms with van der Waals surface area (Å²) in [5, 5.41) is 2.06. The minimum absolute atomic E-state index is 0.854. The number of aromatic nitrogens is 2. The molecule has 0 N–H and O–H groups in total. The highest BCUT2D eigenvalue weighted by molar-refractivity contribution is 7.16. The zero-order chi connectivity index (χ0) is 14.9. The summed E-state index contributed by atoms with van der Waals surface area (Å²) in [5.41, 5.74) is 2.44. The molecule has 0 aromatic carbocycles. The lowest BCUT2D eigenvalue weighted by atomic mass is 10.1. The number of rotatable bonds is 3. The summed E-state index contributed by atoms with van der Waals surface area (Å²) in [5.74, 6) is 0.854. The summed E-state index contributed by atoms with van der Waals surface area (Å²) >= 11 is 9.35. The molecule has 0 spiro atoms. The molecule has 0 radical (unpaired) electrons. The van der Waals surface area contributed by atoms with Gasteiger partial charge >= 0.3 is 0 Å². The fourth-order valence-electron chi connectivity index (χ4n) is 2.69. The molecule has 0 aliphatic carbocycles. The van der Waals surface area contributed by atoms with Gasteiger partial charge in [-0.15, -0.1) is 22.7 Å². The molecule has 0 saturated carbocycles. The lowest BCUT2D eigenvalue weighted by Crippen LogP contribution is -2.30. The van der Waals surface area contributed by atoms with Gasteiger partial charge in [0.1, 0.15) is 0 Å². The summed E-state index contributed by atoms with van der Waals surface area (Å²) in [6, 6.07) is 8.19. The van der Waals surface area contributed by atoms with Crippen molar-refractivity contribution in [3.05, 3.63) is 56.3 Å². The molecule has 6 heteroatoms. The van der Waals surface area contributed by atoms with Gasteiger partial charge in [-0.25, -0.2) is 9.97 Å². The van der Waals surface area contributed by atoms with Gasteiger partial charge in [0.2, 0.25) is 0 Å². The number of nitrogens with zero attached hydrogens (tertiary/aromatic N) is 3. The summed E-state index contributed by atoms with van der Waals surface area (Å²) in [4.78, 5) is 14.2. The Labute approximate surface area is 142 Å². The number of fused-ring (bicyclic) bond motifs is 1. The van der Waals surface area contributed by atoms with Crippen LogP contribution in [-0.4, -0.2) is 21.4 Å². The first-order valence-corrected chi connectivity index (χ1v) is 9.20. The third-order valence-corrected chi connectivity index (χ3v) is 5.84. The maximum Gasteiger partial charge on any atom is 0.169 e. The minimum atomic E-state index is 0.854. The standard InChI is InChI=1S/C16H14ClN3S2/c17-15-4-3-12(22-15)10-20-6-5-13-11(9-20)8-18-16(19-13)14-2-1-7-21-14/h1-4,7-8H,5-6,9-10H2. The van der Waals surface area contributed by atoms with Crippen LogP contribution in [-0.2, 0) is 19.5 Å². The van der Waals surface area contributed by atoms with Gasteiger partial charge < -0.3 is 0 Å². The van der Waals surface area contributed by atoms with E-state index in [2.05, 4.69) is 27.4 Å². The normalized spacial score (nSPS) is 15.0. The molecule has 112 valence electrons. The fraction of sp³-hybridized carbons (Fsp3) is 0.250. The van der Waals surface area contributed by atoms with Crippen LogP contribution in [0.2, 0.25) is 4.34 Å². The van der Waals surface area contributed by atoms with Crippen LogP contribution in [0.15, 0.2) is 35.8 Å². The molecule has 0 amide bonds. The average molecular weight is 348 g/mol. The van der Waals surface area contributed by atoms with Crippen LogP contribution in [0.1, 0.15) is 16.1 Å². The minimum Gasteiger partial charge on any atom is -0.293 e. The summed E-state index contributed by atoms with van der Waals surface area (Å²) in [6.45, 7) is 2.89. The molecule has 1 aliphatic heterocycles. The van der Waals surface area contributed by atoms with E-state index in [1.807, 2.05) is 18.3 Å². The zero-order valence-electron chi connectivity index (χ0n) is 11.8. The molecular formula is C16H14ClN3S2. The SMILES string of the molecule is Clc1ccc(CN2CCc3nc(-c4cccs4)ncc3C2)s1. The summed E-state index contributed by atoms with van der Waals surface area (Å²) in [6.07, 6.45) is 2.97. The van der Waals surface area contributed by atoms with E-state index >= 15 is 0 Å². The first kappa shape index (κ1) is 14.3. The highest BCUT2D eigenvalue weighted by atomic mass is 35.5. The van der Waals surface area contributed by atoms with Crippen LogP contribution in [0.3, 0.4) is 0 Å². The Morgan fingerprint density at radius 3 is 3.00 bits per heavy atom. The van der Waals surface area contributed by atoms with Crippen LogP contribution in [0.4, 0.5) is 0 Å². The van der Waals surface area contributed by atoms with E-state index in [0.717, 1.165) is 41.1 Å². The van der Waals surface area contributed by atoms with E-state index in [1.54, 1.807) is 22.7 Å². The van der Waals surface area contributed by atoms with Gasteiger partial charge in [0.25, 0.3) is 0 Å². The predicted octanol–water partition coefficient (Wildman–Crippen LogP) is 4.48. The topological polar surface area (TPSA) is 29.0 Å². The second-order valence-corrected chi connectivity index (χ2v) is 8.06. The largest absolute Gasteiger partial charge is 0.293 e. The Bertz CT molecular complexity index is 783. The molecule has 3 aromatic rings. The third-order valence-electron chi connectivity index (χ3n) is 3.76. The van der Waals surface area contributed by atoms with Crippen molar-refractivity contribution in [1.29, 1.82) is 0 Å². The van der Waals surface area contributed by atoms with E-state index in [4.69, 9.17) is 16.6 Å². The van der Waals surface area contributed by atoms with Crippen LogP contribution in [0, 0.1) is 0 Å². The molecule has 22 heavy (non-hydrogen) atoms. The van der Waals surface area contributed by atoms with E-state index in [9.17, 15) is 0 Å². The smallest absolute Gasteiger partial charge is 0.169 e. The second kappa shape index (κ2) is 6.08. The molecule has 0 saturated heterocycles. The van der Waals surface area contributed by atoms with E-state index in [0.29, 0.717) is 0 Å². The highest BCUT2D eigenvalue weighted by Crippen LogP contribution is 2.27. The average Bonchev–Trinajstić information content (AvgIpc) is 3.19. The van der Waals surface area contributed by atoms with Crippen molar-refractivity contribution in [1.82, 2.24) is 14.9 Å². The lowest BCUT2D eigenvalue weighted by Gasteiger charge is -2.27. The molecule has 4 rings (SSSR count). The van der Waals surface area contributed by atoms with Crippen LogP contribution in [0.25, 0.3) is 10.7 Å². The fourth-order valence-corrected chi connectivity index (χ4v) is 4.49. The molecule has 0 fully saturated rings. The molecule has 1 aliphatic rings. The van der Waals surface area contributed by atoms with Gasteiger partial charge in [-0.1, -0.05) is 17.7 Å². The number of thiophene rings is 2. The van der Waals surface area contributed by atoms with Crippen molar-refractivity contribution in [3.8, 4) is 10.7 Å². The predicted molar refractivity (Wildman–Crippen MR) is 92.5 cm³/mol. The van der Waals surface area contributed by atoms with Gasteiger partial charge in [0.15, 0.2) is 5.82 Å². The molecule has 0 atom stereocenters. The van der Waals surface area contributed by atoms with E-state index in [1.165, 1.54) is 16.1 Å². The molecule has 3 nitrogen and oxygen atoms in total. The van der Waals surface area contributed by atoms with Gasteiger partial charge in [-0.2, -0.15) is 0 Å². The Hall–Kier alpha value is -1.27. The van der Waals surface area contributed by atoms with Crippen molar-refractivity contribution in [2.24, 2.45) is 0 Å². The summed E-state index contributed by atoms with van der Waals surface area (Å²) < 4.78 is 0.858. The summed E-state index contributed by atoms with van der Waals surface area (Å²) in [7, 11) is 0. The Kier molecular flexibility index (Phi) is 3.96. The van der Waals surface area contributed by atoms with Crippen LogP contribution >= 0.6 is 34.3 Å². The first-order chi connectivity index (χ1) is 10.8. The van der Waals surface area contributed by atoms with E-state index in [-0.39, 0.29) is 0 Å². The second-order valence-electron chi connectivity index (χ2n) is 5.31. The van der Waals surface area contributed by atoms with Crippen LogP contribution in [0.5, 0.6) is 0 Å². The van der Waals surface area contributed by atoms with Crippen LogP contribution < -0.4 is 0 Å². The Morgan fingerprint density at radius 2 is 2.23 bits per heavy atom. The van der Waals surface area contributed by atoms with Gasteiger partial charge in [-0.05, 0) is 23.6 Å². The van der Waals surface area contributed by atoms with Crippen molar-refractivity contribution in [3.63, 3.8) is 0 Å². The Balaban J connectivity index is 1.52. The number of hydrogen-bond acceptors (Lipinski definition) is 5.